The van der Waals surface area contributed by atoms with Gasteiger partial charge in [-0.1, -0.05) is 32.0 Å². The number of hydrogen-bond donors (Lipinski definition) is 2. The van der Waals surface area contributed by atoms with E-state index >= 15 is 0 Å². The molecule has 0 saturated heterocycles. The number of benzene rings is 1. The molecule has 0 radical (unpaired) electrons. The van der Waals surface area contributed by atoms with Crippen LogP contribution in [0.4, 0.5) is 0 Å². The van der Waals surface area contributed by atoms with Crippen LogP contribution in [0, 0.1) is 5.92 Å². The standard InChI is InChI=1S/C15H22N2O2/c1-11(2)7-8-16-15(18)9-17-13-10-19-14-6-4-3-5-12(13)14/h3-6,11,13,17H,7-10H2,1-2H3,(H,16,18). The maximum absolute atomic E-state index is 11.7. The van der Waals surface area contributed by atoms with Gasteiger partial charge in [0.05, 0.1) is 12.6 Å². The summed E-state index contributed by atoms with van der Waals surface area (Å²) < 4.78 is 5.56. The lowest BCUT2D eigenvalue weighted by molar-refractivity contribution is -0.120. The van der Waals surface area contributed by atoms with Gasteiger partial charge in [0.2, 0.25) is 5.91 Å². The van der Waals surface area contributed by atoms with Gasteiger partial charge in [-0.25, -0.2) is 0 Å². The Bertz CT molecular complexity index is 432. The van der Waals surface area contributed by atoms with Crippen LogP contribution in [0.15, 0.2) is 24.3 Å². The van der Waals surface area contributed by atoms with Crippen molar-refractivity contribution in [2.24, 2.45) is 5.92 Å². The fraction of sp³-hybridized carbons (Fsp3) is 0.533. The quantitative estimate of drug-likeness (QED) is 0.823. The Hall–Kier alpha value is -1.55. The van der Waals surface area contributed by atoms with Gasteiger partial charge in [-0.2, -0.15) is 0 Å². The van der Waals surface area contributed by atoms with Crippen LogP contribution < -0.4 is 15.4 Å². The Kier molecular flexibility index (Phi) is 4.80. The monoisotopic (exact) mass is 262 g/mol. The predicted molar refractivity (Wildman–Crippen MR) is 75.1 cm³/mol. The van der Waals surface area contributed by atoms with Crippen LogP contribution in [0.3, 0.4) is 0 Å². The van der Waals surface area contributed by atoms with E-state index < -0.39 is 0 Å². The van der Waals surface area contributed by atoms with Crippen molar-refractivity contribution >= 4 is 5.91 Å². The average Bonchev–Trinajstić information content (AvgIpc) is 2.79. The topological polar surface area (TPSA) is 50.4 Å². The number of fused-ring (bicyclic) bond motifs is 1. The molecule has 2 rings (SSSR count). The molecule has 0 aliphatic carbocycles. The Balaban J connectivity index is 1.73. The number of hydrogen-bond acceptors (Lipinski definition) is 3. The average molecular weight is 262 g/mol. The smallest absolute Gasteiger partial charge is 0.233 e. The van der Waals surface area contributed by atoms with Crippen LogP contribution in [0.2, 0.25) is 0 Å². The van der Waals surface area contributed by atoms with Gasteiger partial charge in [0.1, 0.15) is 12.4 Å². The zero-order valence-corrected chi connectivity index (χ0v) is 11.6. The molecule has 0 saturated carbocycles. The van der Waals surface area contributed by atoms with Gasteiger partial charge >= 0.3 is 0 Å². The summed E-state index contributed by atoms with van der Waals surface area (Å²) >= 11 is 0. The van der Waals surface area contributed by atoms with E-state index in [0.717, 1.165) is 24.3 Å². The minimum atomic E-state index is 0.0463. The van der Waals surface area contributed by atoms with E-state index in [2.05, 4.69) is 24.5 Å². The molecule has 4 nitrogen and oxygen atoms in total. The van der Waals surface area contributed by atoms with Crippen molar-refractivity contribution < 1.29 is 9.53 Å². The third-order valence-electron chi connectivity index (χ3n) is 3.25. The SMILES string of the molecule is CC(C)CCNC(=O)CNC1COc2ccccc21. The highest BCUT2D eigenvalue weighted by atomic mass is 16.5. The summed E-state index contributed by atoms with van der Waals surface area (Å²) in [6.07, 6.45) is 1.01. The maximum Gasteiger partial charge on any atom is 0.233 e. The Morgan fingerprint density at radius 2 is 2.21 bits per heavy atom. The first-order valence-corrected chi connectivity index (χ1v) is 6.88. The van der Waals surface area contributed by atoms with Gasteiger partial charge in [-0.05, 0) is 18.4 Å². The first kappa shape index (κ1) is 13.9. The fourth-order valence-corrected chi connectivity index (χ4v) is 2.11. The van der Waals surface area contributed by atoms with Crippen molar-refractivity contribution in [1.29, 1.82) is 0 Å². The van der Waals surface area contributed by atoms with Crippen molar-refractivity contribution in [3.05, 3.63) is 29.8 Å². The first-order valence-electron chi connectivity index (χ1n) is 6.88. The Labute approximate surface area is 114 Å². The van der Waals surface area contributed by atoms with Gasteiger partial charge in [0.15, 0.2) is 0 Å². The molecule has 0 aromatic heterocycles. The van der Waals surface area contributed by atoms with Gasteiger partial charge < -0.3 is 10.1 Å². The number of amides is 1. The Morgan fingerprint density at radius 1 is 1.42 bits per heavy atom. The van der Waals surface area contributed by atoms with Crippen LogP contribution in [0.1, 0.15) is 31.9 Å². The lowest BCUT2D eigenvalue weighted by atomic mass is 10.1. The van der Waals surface area contributed by atoms with Crippen LogP contribution in [0.25, 0.3) is 0 Å². The summed E-state index contributed by atoms with van der Waals surface area (Å²) in [5.74, 6) is 1.58. The van der Waals surface area contributed by atoms with Crippen molar-refractivity contribution in [2.45, 2.75) is 26.3 Å². The molecule has 1 atom stereocenters. The number of carbonyl (C=O) groups excluding carboxylic acids is 1. The fourth-order valence-electron chi connectivity index (χ4n) is 2.11. The largest absolute Gasteiger partial charge is 0.491 e. The third kappa shape index (κ3) is 3.96. The molecule has 1 aliphatic heterocycles. The number of carbonyl (C=O) groups is 1. The summed E-state index contributed by atoms with van der Waals surface area (Å²) in [6.45, 7) is 5.98. The van der Waals surface area contributed by atoms with Crippen molar-refractivity contribution in [3.63, 3.8) is 0 Å². The molecular weight excluding hydrogens is 240 g/mol. The minimum Gasteiger partial charge on any atom is -0.491 e. The summed E-state index contributed by atoms with van der Waals surface area (Å²) in [7, 11) is 0. The molecule has 0 fully saturated rings. The molecule has 1 unspecified atom stereocenters. The predicted octanol–water partition coefficient (Wildman–Crippen LogP) is 1.87. The molecule has 4 heteroatoms. The molecule has 1 aromatic carbocycles. The van der Waals surface area contributed by atoms with Crippen molar-refractivity contribution in [2.75, 3.05) is 19.7 Å². The summed E-state index contributed by atoms with van der Waals surface area (Å²) in [5.41, 5.74) is 1.14. The molecule has 1 aliphatic rings. The van der Waals surface area contributed by atoms with Crippen LogP contribution in [-0.2, 0) is 4.79 Å². The Morgan fingerprint density at radius 3 is 3.00 bits per heavy atom. The van der Waals surface area contributed by atoms with E-state index in [1.165, 1.54) is 0 Å². The molecule has 2 N–H and O–H groups in total. The van der Waals surface area contributed by atoms with Crippen molar-refractivity contribution in [3.8, 4) is 5.75 Å². The molecule has 19 heavy (non-hydrogen) atoms. The van der Waals surface area contributed by atoms with E-state index in [9.17, 15) is 4.79 Å². The number of rotatable bonds is 6. The highest BCUT2D eigenvalue weighted by molar-refractivity contribution is 5.78. The number of ether oxygens (including phenoxy) is 1. The minimum absolute atomic E-state index is 0.0463. The highest BCUT2D eigenvalue weighted by Crippen LogP contribution is 2.31. The lowest BCUT2D eigenvalue weighted by Crippen LogP contribution is -2.36. The molecule has 104 valence electrons. The summed E-state index contributed by atoms with van der Waals surface area (Å²) in [4.78, 5) is 11.7. The number of nitrogens with one attached hydrogen (secondary N) is 2. The molecule has 1 aromatic rings. The van der Waals surface area contributed by atoms with E-state index in [-0.39, 0.29) is 11.9 Å². The van der Waals surface area contributed by atoms with Gasteiger partial charge in [-0.3, -0.25) is 10.1 Å². The first-order chi connectivity index (χ1) is 9.16. The molecule has 0 spiro atoms. The molecular formula is C15H22N2O2. The normalized spacial score (nSPS) is 17.1. The summed E-state index contributed by atoms with van der Waals surface area (Å²) in [6, 6.07) is 8.06. The van der Waals surface area contributed by atoms with Gasteiger partial charge in [0.25, 0.3) is 0 Å². The zero-order valence-electron chi connectivity index (χ0n) is 11.6. The zero-order chi connectivity index (χ0) is 13.7. The maximum atomic E-state index is 11.7. The van der Waals surface area contributed by atoms with Crippen LogP contribution in [-0.4, -0.2) is 25.6 Å². The van der Waals surface area contributed by atoms with Crippen molar-refractivity contribution in [1.82, 2.24) is 10.6 Å². The second kappa shape index (κ2) is 6.57. The second-order valence-electron chi connectivity index (χ2n) is 5.31. The number of para-hydroxylation sites is 1. The van der Waals surface area contributed by atoms with Crippen LogP contribution in [0.5, 0.6) is 5.75 Å². The summed E-state index contributed by atoms with van der Waals surface area (Å²) in [5, 5.41) is 6.16. The highest BCUT2D eigenvalue weighted by Gasteiger charge is 2.23. The van der Waals surface area contributed by atoms with E-state index in [1.807, 2.05) is 24.3 Å². The van der Waals surface area contributed by atoms with Crippen LogP contribution >= 0.6 is 0 Å². The molecule has 0 bridgehead atoms. The van der Waals surface area contributed by atoms with Gasteiger partial charge in [0, 0.05) is 12.1 Å². The van der Waals surface area contributed by atoms with E-state index in [0.29, 0.717) is 19.1 Å². The lowest BCUT2D eigenvalue weighted by Gasteiger charge is -2.12. The third-order valence-corrected chi connectivity index (χ3v) is 3.25. The molecule has 1 amide bonds. The van der Waals surface area contributed by atoms with E-state index in [4.69, 9.17) is 4.74 Å². The van der Waals surface area contributed by atoms with Gasteiger partial charge in [-0.15, -0.1) is 0 Å². The van der Waals surface area contributed by atoms with E-state index in [1.54, 1.807) is 0 Å². The second-order valence-corrected chi connectivity index (χ2v) is 5.31. The molecule has 1 heterocycles.